The molecule has 1 aliphatic heterocycles. The standard InChI is InChI=1S/C22H25N5O2/c1-14(22(27-24)12-25-17-3-2-15(8-17)10-23)29-18-4-5-21-20(9-18)19-6-7-28-13-16(19)11-26-21/h4-5,9,11-12,14-15,17H,2-3,6-8,13,24H2,1H3/b25-12?,27-22+. The Bertz CT molecular complexity index is 995. The molecule has 2 heterocycles. The number of ether oxygens (including phenoxy) is 2. The summed E-state index contributed by atoms with van der Waals surface area (Å²) in [5.41, 5.74) is 3.94. The van der Waals surface area contributed by atoms with E-state index in [4.69, 9.17) is 20.6 Å². The molecule has 1 aliphatic carbocycles. The minimum Gasteiger partial charge on any atom is -0.484 e. The van der Waals surface area contributed by atoms with Crippen LogP contribution < -0.4 is 10.6 Å². The molecular formula is C22H25N5O2. The number of fused-ring (bicyclic) bond motifs is 3. The lowest BCUT2D eigenvalue weighted by molar-refractivity contribution is 0.111. The van der Waals surface area contributed by atoms with Crippen LogP contribution in [-0.4, -0.2) is 35.7 Å². The third-order valence-corrected chi connectivity index (χ3v) is 5.68. The van der Waals surface area contributed by atoms with Crippen molar-refractivity contribution in [2.75, 3.05) is 6.61 Å². The van der Waals surface area contributed by atoms with Gasteiger partial charge in [0.2, 0.25) is 0 Å². The van der Waals surface area contributed by atoms with Gasteiger partial charge in [-0.1, -0.05) is 0 Å². The van der Waals surface area contributed by atoms with Crippen LogP contribution >= 0.6 is 0 Å². The lowest BCUT2D eigenvalue weighted by Crippen LogP contribution is -2.27. The van der Waals surface area contributed by atoms with E-state index in [1.807, 2.05) is 31.3 Å². The van der Waals surface area contributed by atoms with Crippen LogP contribution in [0.2, 0.25) is 0 Å². The molecule has 4 rings (SSSR count). The maximum atomic E-state index is 9.03. The molecule has 2 aliphatic rings. The second-order valence-electron chi connectivity index (χ2n) is 7.63. The van der Waals surface area contributed by atoms with Gasteiger partial charge in [0.15, 0.2) is 0 Å². The zero-order valence-electron chi connectivity index (χ0n) is 16.5. The van der Waals surface area contributed by atoms with Crippen molar-refractivity contribution >= 4 is 22.8 Å². The number of pyridine rings is 1. The zero-order chi connectivity index (χ0) is 20.2. The van der Waals surface area contributed by atoms with Crippen LogP contribution in [0.15, 0.2) is 34.5 Å². The van der Waals surface area contributed by atoms with Crippen LogP contribution in [0, 0.1) is 17.2 Å². The molecule has 150 valence electrons. The first-order valence-corrected chi connectivity index (χ1v) is 10.0. The molecule has 3 unspecified atom stereocenters. The molecule has 0 spiro atoms. The van der Waals surface area contributed by atoms with Crippen LogP contribution in [0.1, 0.15) is 37.3 Å². The van der Waals surface area contributed by atoms with Gasteiger partial charge in [-0.05, 0) is 61.9 Å². The van der Waals surface area contributed by atoms with Crippen molar-refractivity contribution in [3.05, 3.63) is 35.5 Å². The maximum absolute atomic E-state index is 9.03. The van der Waals surface area contributed by atoms with Gasteiger partial charge in [0.25, 0.3) is 0 Å². The van der Waals surface area contributed by atoms with E-state index in [1.165, 1.54) is 5.56 Å². The summed E-state index contributed by atoms with van der Waals surface area (Å²) < 4.78 is 11.6. The molecule has 29 heavy (non-hydrogen) atoms. The Morgan fingerprint density at radius 1 is 1.45 bits per heavy atom. The van der Waals surface area contributed by atoms with E-state index in [9.17, 15) is 0 Å². The first-order chi connectivity index (χ1) is 14.2. The van der Waals surface area contributed by atoms with E-state index >= 15 is 0 Å². The number of nitriles is 1. The average molecular weight is 391 g/mol. The average Bonchev–Trinajstić information content (AvgIpc) is 3.22. The summed E-state index contributed by atoms with van der Waals surface area (Å²) in [4.78, 5) is 9.10. The van der Waals surface area contributed by atoms with Gasteiger partial charge in [0.05, 0.1) is 30.8 Å². The molecule has 2 aromatic rings. The number of benzene rings is 1. The number of hydrogen-bond donors (Lipinski definition) is 1. The molecule has 1 aromatic carbocycles. The first kappa shape index (κ1) is 19.3. The monoisotopic (exact) mass is 391 g/mol. The predicted molar refractivity (Wildman–Crippen MR) is 112 cm³/mol. The Labute approximate surface area is 170 Å². The van der Waals surface area contributed by atoms with Gasteiger partial charge in [0.1, 0.15) is 17.6 Å². The largest absolute Gasteiger partial charge is 0.484 e. The van der Waals surface area contributed by atoms with Crippen molar-refractivity contribution in [2.45, 2.75) is 51.4 Å². The van der Waals surface area contributed by atoms with Gasteiger partial charge in [-0.15, -0.1) is 0 Å². The van der Waals surface area contributed by atoms with Crippen molar-refractivity contribution in [2.24, 2.45) is 21.9 Å². The van der Waals surface area contributed by atoms with Crippen LogP contribution in [0.3, 0.4) is 0 Å². The number of nitrogens with zero attached hydrogens (tertiary/aromatic N) is 4. The highest BCUT2D eigenvalue weighted by molar-refractivity contribution is 6.32. The molecule has 0 bridgehead atoms. The van der Waals surface area contributed by atoms with Crippen molar-refractivity contribution in [3.8, 4) is 11.8 Å². The smallest absolute Gasteiger partial charge is 0.141 e. The van der Waals surface area contributed by atoms with E-state index in [0.717, 1.165) is 54.5 Å². The molecule has 3 atom stereocenters. The Morgan fingerprint density at radius 2 is 2.34 bits per heavy atom. The molecular weight excluding hydrogens is 366 g/mol. The highest BCUT2D eigenvalue weighted by atomic mass is 16.5. The first-order valence-electron chi connectivity index (χ1n) is 10.0. The zero-order valence-corrected chi connectivity index (χ0v) is 16.5. The second-order valence-corrected chi connectivity index (χ2v) is 7.63. The summed E-state index contributed by atoms with van der Waals surface area (Å²) in [5, 5.41) is 14.0. The van der Waals surface area contributed by atoms with Crippen LogP contribution in [0.4, 0.5) is 0 Å². The Hall–Kier alpha value is -2.98. The predicted octanol–water partition coefficient (Wildman–Crippen LogP) is 3.15. The Morgan fingerprint density at radius 3 is 3.14 bits per heavy atom. The van der Waals surface area contributed by atoms with Crippen molar-refractivity contribution in [1.82, 2.24) is 4.98 Å². The van der Waals surface area contributed by atoms with Crippen molar-refractivity contribution < 1.29 is 9.47 Å². The van der Waals surface area contributed by atoms with E-state index in [-0.39, 0.29) is 18.1 Å². The summed E-state index contributed by atoms with van der Waals surface area (Å²) >= 11 is 0. The fourth-order valence-electron chi connectivity index (χ4n) is 4.02. The SMILES string of the molecule is CC(Oc1ccc2ncc3c(c2c1)CCOC3)/C(C=NC1CCC(C#N)C1)=N/N. The van der Waals surface area contributed by atoms with Crippen LogP contribution in [0.5, 0.6) is 5.75 Å². The highest BCUT2D eigenvalue weighted by Crippen LogP contribution is 2.29. The molecule has 1 aromatic heterocycles. The summed E-state index contributed by atoms with van der Waals surface area (Å²) in [7, 11) is 0. The normalized spacial score (nSPS) is 23.1. The summed E-state index contributed by atoms with van der Waals surface area (Å²) in [5.74, 6) is 6.43. The molecule has 1 fully saturated rings. The number of nitrogens with two attached hydrogens (primary N) is 1. The van der Waals surface area contributed by atoms with Crippen LogP contribution in [0.25, 0.3) is 10.9 Å². The van der Waals surface area contributed by atoms with Gasteiger partial charge >= 0.3 is 0 Å². The van der Waals surface area contributed by atoms with E-state index in [0.29, 0.717) is 12.3 Å². The maximum Gasteiger partial charge on any atom is 0.141 e. The quantitative estimate of drug-likeness (QED) is 0.479. The van der Waals surface area contributed by atoms with Crippen LogP contribution in [-0.2, 0) is 17.8 Å². The second kappa shape index (κ2) is 8.58. The van der Waals surface area contributed by atoms with Gasteiger partial charge in [-0.3, -0.25) is 9.98 Å². The van der Waals surface area contributed by atoms with Crippen molar-refractivity contribution in [1.29, 1.82) is 5.26 Å². The third-order valence-electron chi connectivity index (χ3n) is 5.68. The van der Waals surface area contributed by atoms with Gasteiger partial charge in [-0.2, -0.15) is 10.4 Å². The lowest BCUT2D eigenvalue weighted by atomic mass is 10.00. The summed E-state index contributed by atoms with van der Waals surface area (Å²) in [6, 6.07) is 8.39. The molecule has 1 saturated carbocycles. The van der Waals surface area contributed by atoms with Crippen molar-refractivity contribution in [3.63, 3.8) is 0 Å². The lowest BCUT2D eigenvalue weighted by Gasteiger charge is -2.19. The molecule has 2 N–H and O–H groups in total. The summed E-state index contributed by atoms with van der Waals surface area (Å²) in [6.07, 6.45) is 6.75. The molecule has 0 saturated heterocycles. The van der Waals surface area contributed by atoms with Gasteiger partial charge < -0.3 is 15.3 Å². The fourth-order valence-corrected chi connectivity index (χ4v) is 4.02. The minimum atomic E-state index is -0.342. The van der Waals surface area contributed by atoms with E-state index < -0.39 is 0 Å². The topological polar surface area (TPSA) is 106 Å². The Balaban J connectivity index is 1.49. The van der Waals surface area contributed by atoms with E-state index in [2.05, 4.69) is 21.1 Å². The number of hydrogen-bond acceptors (Lipinski definition) is 7. The van der Waals surface area contributed by atoms with Gasteiger partial charge in [0, 0.05) is 23.7 Å². The minimum absolute atomic E-state index is 0.103. The number of hydrazone groups is 1. The molecule has 0 radical (unpaired) electrons. The number of aliphatic imine (C=N–C) groups is 1. The summed E-state index contributed by atoms with van der Waals surface area (Å²) in [6.45, 7) is 3.23. The van der Waals surface area contributed by atoms with E-state index in [1.54, 1.807) is 6.21 Å². The highest BCUT2D eigenvalue weighted by Gasteiger charge is 2.24. The number of rotatable bonds is 5. The Kier molecular flexibility index (Phi) is 5.72. The fraction of sp³-hybridized carbons (Fsp3) is 0.455. The number of aromatic nitrogens is 1. The molecule has 7 nitrogen and oxygen atoms in total. The van der Waals surface area contributed by atoms with Gasteiger partial charge in [-0.25, -0.2) is 0 Å². The molecule has 0 amide bonds. The third kappa shape index (κ3) is 4.22. The molecule has 7 heteroatoms.